The average Bonchev–Trinajstić information content (AvgIpc) is 2.84. The van der Waals surface area contributed by atoms with Gasteiger partial charge in [-0.2, -0.15) is 0 Å². The fourth-order valence-electron chi connectivity index (χ4n) is 3.15. The molecule has 0 aliphatic carbocycles. The van der Waals surface area contributed by atoms with Crippen LogP contribution in [0.1, 0.15) is 25.0 Å². The first-order valence-electron chi connectivity index (χ1n) is 11.3. The Morgan fingerprint density at radius 3 is 2.14 bits per heavy atom. The van der Waals surface area contributed by atoms with Gasteiger partial charge in [0.15, 0.2) is 18.1 Å². The quantitative estimate of drug-likeness (QED) is 0.294. The van der Waals surface area contributed by atoms with Crippen molar-refractivity contribution in [3.63, 3.8) is 0 Å². The fraction of sp³-hybridized carbons (Fsp3) is 0.259. The van der Waals surface area contributed by atoms with Crippen LogP contribution in [-0.4, -0.2) is 25.5 Å². The monoisotopic (exact) mass is 539 g/mol. The van der Waals surface area contributed by atoms with Gasteiger partial charge in [0.25, 0.3) is 5.91 Å². The molecular weight excluding hydrogens is 510 g/mol. The van der Waals surface area contributed by atoms with Crippen molar-refractivity contribution >= 4 is 44.8 Å². The first-order valence-corrected chi connectivity index (χ1v) is 12.0. The Bertz CT molecular complexity index is 1160. The second-order valence-electron chi connectivity index (χ2n) is 8.39. The molecule has 2 amide bonds. The van der Waals surface area contributed by atoms with Gasteiger partial charge in [0.05, 0.1) is 11.6 Å². The van der Waals surface area contributed by atoms with Crippen LogP contribution in [0.5, 0.6) is 11.5 Å². The van der Waals surface area contributed by atoms with Gasteiger partial charge in [-0.25, -0.2) is 0 Å². The van der Waals surface area contributed by atoms with E-state index in [0.29, 0.717) is 28.2 Å². The first-order chi connectivity index (χ1) is 16.7. The Morgan fingerprint density at radius 2 is 1.51 bits per heavy atom. The highest BCUT2D eigenvalue weighted by Gasteiger charge is 2.14. The molecule has 3 rings (SSSR count). The molecule has 0 aromatic heterocycles. The summed E-state index contributed by atoms with van der Waals surface area (Å²) in [5, 5.41) is 9.04. The van der Waals surface area contributed by atoms with Crippen molar-refractivity contribution in [2.24, 2.45) is 5.92 Å². The number of carbonyl (C=O) groups is 2. The van der Waals surface area contributed by atoms with Crippen LogP contribution >= 0.6 is 15.9 Å². The van der Waals surface area contributed by atoms with Gasteiger partial charge >= 0.3 is 0 Å². The minimum atomic E-state index is -0.262. The van der Waals surface area contributed by atoms with E-state index < -0.39 is 0 Å². The third kappa shape index (κ3) is 7.75. The molecule has 0 saturated heterocycles. The van der Waals surface area contributed by atoms with Crippen LogP contribution in [0.15, 0.2) is 65.1 Å². The molecule has 3 aromatic rings. The number of anilines is 3. The van der Waals surface area contributed by atoms with Crippen LogP contribution in [0, 0.1) is 12.8 Å². The number of rotatable bonds is 10. The molecule has 0 spiro atoms. The van der Waals surface area contributed by atoms with Crippen molar-refractivity contribution in [3.05, 3.63) is 76.3 Å². The van der Waals surface area contributed by atoms with Gasteiger partial charge < -0.3 is 25.4 Å². The van der Waals surface area contributed by atoms with Crippen LogP contribution in [0.3, 0.4) is 0 Å². The van der Waals surface area contributed by atoms with Crippen LogP contribution < -0.4 is 25.4 Å². The summed E-state index contributed by atoms with van der Waals surface area (Å²) in [5.74, 6) is 0.626. The van der Waals surface area contributed by atoms with Gasteiger partial charge in [-0.15, -0.1) is 0 Å². The summed E-state index contributed by atoms with van der Waals surface area (Å²) < 4.78 is 11.9. The van der Waals surface area contributed by atoms with E-state index in [-0.39, 0.29) is 24.3 Å². The molecule has 0 heterocycles. The van der Waals surface area contributed by atoms with E-state index in [2.05, 4.69) is 31.9 Å². The van der Waals surface area contributed by atoms with Gasteiger partial charge in [0, 0.05) is 29.5 Å². The Morgan fingerprint density at radius 1 is 0.914 bits per heavy atom. The Kier molecular flexibility index (Phi) is 9.14. The molecule has 0 bridgehead atoms. The number of halogens is 1. The zero-order valence-corrected chi connectivity index (χ0v) is 21.9. The SMILES string of the molecule is COc1cc(CNc2ccc(NC(=O)C(C)C)cc2)cc(Br)c1OCC(=O)Nc1ccc(C)cc1. The van der Waals surface area contributed by atoms with E-state index in [0.717, 1.165) is 22.5 Å². The third-order valence-electron chi connectivity index (χ3n) is 5.15. The van der Waals surface area contributed by atoms with Crippen LogP contribution in [0.2, 0.25) is 0 Å². The molecule has 7 nitrogen and oxygen atoms in total. The van der Waals surface area contributed by atoms with Crippen molar-refractivity contribution in [1.29, 1.82) is 0 Å². The number of ether oxygens (including phenoxy) is 2. The van der Waals surface area contributed by atoms with E-state index >= 15 is 0 Å². The first kappa shape index (κ1) is 26.1. The normalized spacial score (nSPS) is 10.6. The highest BCUT2D eigenvalue weighted by molar-refractivity contribution is 9.10. The van der Waals surface area contributed by atoms with Gasteiger partial charge in [-0.3, -0.25) is 9.59 Å². The number of methoxy groups -OCH3 is 1. The zero-order valence-electron chi connectivity index (χ0n) is 20.3. The summed E-state index contributed by atoms with van der Waals surface area (Å²) in [6.45, 7) is 6.09. The van der Waals surface area contributed by atoms with E-state index in [1.54, 1.807) is 7.11 Å². The minimum Gasteiger partial charge on any atom is -0.493 e. The van der Waals surface area contributed by atoms with E-state index in [1.165, 1.54) is 0 Å². The Labute approximate surface area is 214 Å². The van der Waals surface area contributed by atoms with Crippen molar-refractivity contribution in [3.8, 4) is 11.5 Å². The molecule has 184 valence electrons. The molecule has 3 N–H and O–H groups in total. The van der Waals surface area contributed by atoms with Crippen molar-refractivity contribution < 1.29 is 19.1 Å². The molecule has 0 atom stereocenters. The fourth-order valence-corrected chi connectivity index (χ4v) is 3.75. The molecule has 0 aliphatic heterocycles. The highest BCUT2D eigenvalue weighted by atomic mass is 79.9. The maximum absolute atomic E-state index is 12.3. The summed E-state index contributed by atoms with van der Waals surface area (Å²) in [4.78, 5) is 24.1. The number of nitrogens with one attached hydrogen (secondary N) is 3. The maximum atomic E-state index is 12.3. The molecule has 0 unspecified atom stereocenters. The largest absolute Gasteiger partial charge is 0.493 e. The molecule has 0 fully saturated rings. The number of hydrogen-bond acceptors (Lipinski definition) is 5. The lowest BCUT2D eigenvalue weighted by molar-refractivity contribution is -0.119. The third-order valence-corrected chi connectivity index (χ3v) is 5.73. The predicted molar refractivity (Wildman–Crippen MR) is 143 cm³/mol. The lowest BCUT2D eigenvalue weighted by Crippen LogP contribution is -2.20. The highest BCUT2D eigenvalue weighted by Crippen LogP contribution is 2.37. The lowest BCUT2D eigenvalue weighted by Gasteiger charge is -2.15. The second kappa shape index (κ2) is 12.3. The zero-order chi connectivity index (χ0) is 25.4. The van der Waals surface area contributed by atoms with Crippen LogP contribution in [0.25, 0.3) is 0 Å². The molecule has 0 radical (unpaired) electrons. The standard InChI is InChI=1S/C27H30BrN3O4/c1-17(2)27(33)31-22-11-9-20(10-12-22)29-15-19-13-23(28)26(24(14-19)34-4)35-16-25(32)30-21-7-5-18(3)6-8-21/h5-14,17,29H,15-16H2,1-4H3,(H,30,32)(H,31,33). The Hall–Kier alpha value is -3.52. The number of amides is 2. The summed E-state index contributed by atoms with van der Waals surface area (Å²) >= 11 is 3.53. The molecular formula is C27H30BrN3O4. The second-order valence-corrected chi connectivity index (χ2v) is 9.24. The molecule has 0 aliphatic rings. The van der Waals surface area contributed by atoms with Crippen molar-refractivity contribution in [2.75, 3.05) is 29.7 Å². The maximum Gasteiger partial charge on any atom is 0.262 e. The average molecular weight is 540 g/mol. The number of carbonyl (C=O) groups excluding carboxylic acids is 2. The predicted octanol–water partition coefficient (Wildman–Crippen LogP) is 5.99. The Balaban J connectivity index is 1.58. The van der Waals surface area contributed by atoms with Gasteiger partial charge in [-0.1, -0.05) is 31.5 Å². The van der Waals surface area contributed by atoms with Gasteiger partial charge in [0.1, 0.15) is 0 Å². The van der Waals surface area contributed by atoms with Gasteiger partial charge in [-0.05, 0) is 76.9 Å². The van der Waals surface area contributed by atoms with E-state index in [1.807, 2.05) is 81.4 Å². The summed E-state index contributed by atoms with van der Waals surface area (Å²) in [6, 6.07) is 18.9. The number of benzene rings is 3. The van der Waals surface area contributed by atoms with Crippen LogP contribution in [0.4, 0.5) is 17.1 Å². The number of aryl methyl sites for hydroxylation is 1. The smallest absolute Gasteiger partial charge is 0.262 e. The minimum absolute atomic E-state index is 0.0161. The van der Waals surface area contributed by atoms with Crippen molar-refractivity contribution in [1.82, 2.24) is 0 Å². The van der Waals surface area contributed by atoms with E-state index in [9.17, 15) is 9.59 Å². The topological polar surface area (TPSA) is 88.7 Å². The van der Waals surface area contributed by atoms with E-state index in [4.69, 9.17) is 9.47 Å². The van der Waals surface area contributed by atoms with Crippen LogP contribution in [-0.2, 0) is 16.1 Å². The summed E-state index contributed by atoms with van der Waals surface area (Å²) in [5.41, 5.74) is 4.46. The number of hydrogen-bond donors (Lipinski definition) is 3. The lowest BCUT2D eigenvalue weighted by atomic mass is 10.2. The van der Waals surface area contributed by atoms with Crippen molar-refractivity contribution in [2.45, 2.75) is 27.3 Å². The molecule has 8 heteroatoms. The van der Waals surface area contributed by atoms with Gasteiger partial charge in [0.2, 0.25) is 5.91 Å². The molecule has 0 saturated carbocycles. The molecule has 3 aromatic carbocycles. The summed E-state index contributed by atoms with van der Waals surface area (Å²) in [7, 11) is 1.56. The summed E-state index contributed by atoms with van der Waals surface area (Å²) in [6.07, 6.45) is 0. The molecule has 35 heavy (non-hydrogen) atoms.